The number of hydrogen-bond acceptors (Lipinski definition) is 1. The van der Waals surface area contributed by atoms with E-state index in [4.69, 9.17) is 33.2 Å². The lowest BCUT2D eigenvalue weighted by atomic mass is 10.1. The molecule has 0 aliphatic rings. The summed E-state index contributed by atoms with van der Waals surface area (Å²) in [6.45, 7) is 12.9. The molecule has 0 fully saturated rings. The van der Waals surface area contributed by atoms with E-state index in [1.165, 1.54) is 84.0 Å². The predicted molar refractivity (Wildman–Crippen MR) is 231 cm³/mol. The Morgan fingerprint density at radius 2 is 0.660 bits per heavy atom. The van der Waals surface area contributed by atoms with Gasteiger partial charge in [-0.3, -0.25) is 0 Å². The molecule has 0 aromatic heterocycles. The third-order valence-corrected chi connectivity index (χ3v) is 18.8. The minimum atomic E-state index is -2.62. The lowest BCUT2D eigenvalue weighted by Gasteiger charge is -2.34. The van der Waals surface area contributed by atoms with E-state index in [9.17, 15) is 0 Å². The smallest absolute Gasteiger partial charge is 0.310 e. The van der Waals surface area contributed by atoms with Gasteiger partial charge < -0.3 is 4.98 Å². The maximum atomic E-state index is 7.42. The summed E-state index contributed by atoms with van der Waals surface area (Å²) in [4.78, 5) is 3.79. The molecule has 272 valence electrons. The average molecular weight is 768 g/mol. The zero-order chi connectivity index (χ0) is 36.6. The second-order valence-electron chi connectivity index (χ2n) is 14.8. The Morgan fingerprint density at radius 1 is 0.420 bits per heavy atom. The molecule has 6 heteroatoms. The van der Waals surface area contributed by atoms with Gasteiger partial charge >= 0.3 is 6.69 Å². The fourth-order valence-corrected chi connectivity index (χ4v) is 13.6. The average Bonchev–Trinajstić information content (AvgIpc) is 3.11. The SMILES string of the molecule is CCCCc1ccc([Si](Cl)(Cl)c2ccc(CCCC)cc2)cc1.CCCCc1ccc([Si](Cl)(NC(C)(C)C)c2ccc(CCCC)cc2)cc1. The lowest BCUT2D eigenvalue weighted by Crippen LogP contribution is -2.69. The van der Waals surface area contributed by atoms with Crippen molar-refractivity contribution in [3.63, 3.8) is 0 Å². The van der Waals surface area contributed by atoms with Crippen LogP contribution in [-0.4, -0.2) is 19.8 Å². The molecule has 4 aromatic carbocycles. The van der Waals surface area contributed by atoms with Crippen molar-refractivity contribution in [1.82, 2.24) is 4.98 Å². The third kappa shape index (κ3) is 13.3. The van der Waals surface area contributed by atoms with E-state index in [1.807, 2.05) is 0 Å². The molecule has 4 rings (SSSR count). The van der Waals surface area contributed by atoms with Crippen LogP contribution in [0, 0.1) is 0 Å². The van der Waals surface area contributed by atoms with Gasteiger partial charge in [0, 0.05) is 5.54 Å². The van der Waals surface area contributed by atoms with Gasteiger partial charge in [0.1, 0.15) is 0 Å². The molecule has 0 saturated carbocycles. The van der Waals surface area contributed by atoms with Crippen molar-refractivity contribution in [3.05, 3.63) is 119 Å². The molecule has 1 nitrogen and oxygen atoms in total. The molecule has 0 atom stereocenters. The maximum absolute atomic E-state index is 7.42. The second-order valence-corrected chi connectivity index (χ2v) is 25.5. The van der Waals surface area contributed by atoms with Crippen LogP contribution >= 0.6 is 33.2 Å². The topological polar surface area (TPSA) is 12.0 Å². The van der Waals surface area contributed by atoms with Gasteiger partial charge in [-0.1, -0.05) is 150 Å². The van der Waals surface area contributed by atoms with Gasteiger partial charge in [0.2, 0.25) is 0 Å². The highest BCUT2D eigenvalue weighted by atomic mass is 35.7. The van der Waals surface area contributed by atoms with Gasteiger partial charge in [0.05, 0.1) is 0 Å². The number of hydrogen-bond donors (Lipinski definition) is 1. The number of rotatable bonds is 17. The Morgan fingerprint density at radius 3 is 0.880 bits per heavy atom. The first kappa shape index (κ1) is 42.6. The monoisotopic (exact) mass is 765 g/mol. The van der Waals surface area contributed by atoms with Crippen LogP contribution in [0.4, 0.5) is 0 Å². The van der Waals surface area contributed by atoms with Crippen LogP contribution < -0.4 is 25.7 Å². The molecule has 0 aliphatic carbocycles. The number of benzene rings is 4. The minimum absolute atomic E-state index is 0.0459. The molecule has 0 heterocycles. The quantitative estimate of drug-likeness (QED) is 0.0834. The first-order valence-electron chi connectivity index (χ1n) is 19.1. The second kappa shape index (κ2) is 21.0. The van der Waals surface area contributed by atoms with Gasteiger partial charge in [0.15, 0.2) is 0 Å². The van der Waals surface area contributed by atoms with Crippen LogP contribution in [0.5, 0.6) is 0 Å². The predicted octanol–water partition coefficient (Wildman–Crippen LogP) is 11.0. The molecule has 50 heavy (non-hydrogen) atoms. The fourth-order valence-electron chi connectivity index (χ4n) is 6.08. The molecule has 0 unspecified atom stereocenters. The van der Waals surface area contributed by atoms with Crippen LogP contribution in [0.25, 0.3) is 0 Å². The zero-order valence-electron chi connectivity index (χ0n) is 31.9. The van der Waals surface area contributed by atoms with Crippen LogP contribution in [0.15, 0.2) is 97.1 Å². The van der Waals surface area contributed by atoms with Gasteiger partial charge in [-0.05, 0) is 115 Å². The fraction of sp³-hybridized carbons (Fsp3) is 0.455. The van der Waals surface area contributed by atoms with Crippen molar-refractivity contribution in [3.8, 4) is 0 Å². The van der Waals surface area contributed by atoms with Crippen LogP contribution in [0.3, 0.4) is 0 Å². The summed E-state index contributed by atoms with van der Waals surface area (Å²) in [5.41, 5.74) is 5.49. The van der Waals surface area contributed by atoms with Crippen molar-refractivity contribution >= 4 is 68.2 Å². The number of halogens is 3. The summed E-state index contributed by atoms with van der Waals surface area (Å²) in [5.74, 6) is 0. The first-order chi connectivity index (χ1) is 23.9. The van der Waals surface area contributed by atoms with E-state index < -0.39 is 14.2 Å². The van der Waals surface area contributed by atoms with Gasteiger partial charge in [-0.25, -0.2) is 0 Å². The molecule has 0 bridgehead atoms. The van der Waals surface area contributed by atoms with Crippen LogP contribution in [0.2, 0.25) is 0 Å². The van der Waals surface area contributed by atoms with E-state index in [2.05, 4.69) is 151 Å². The highest BCUT2D eigenvalue weighted by molar-refractivity contribution is 7.56. The number of aryl methyl sites for hydroxylation is 4. The molecule has 0 aliphatic heterocycles. The number of unbranched alkanes of at least 4 members (excludes halogenated alkanes) is 4. The van der Waals surface area contributed by atoms with E-state index in [0.29, 0.717) is 0 Å². The molecule has 1 N–H and O–H groups in total. The van der Waals surface area contributed by atoms with Gasteiger partial charge in [-0.15, -0.1) is 33.2 Å². The van der Waals surface area contributed by atoms with Crippen molar-refractivity contribution in [2.24, 2.45) is 0 Å². The summed E-state index contributed by atoms with van der Waals surface area (Å²) in [6, 6.07) is 35.2. The normalized spacial score (nSPS) is 12.0. The summed E-state index contributed by atoms with van der Waals surface area (Å²) in [5, 5.41) is 4.62. The molecule has 0 spiro atoms. The summed E-state index contributed by atoms with van der Waals surface area (Å²) < 4.78 is 0. The Labute approximate surface area is 321 Å². The first-order valence-corrected chi connectivity index (χ1v) is 26.1. The zero-order valence-corrected chi connectivity index (χ0v) is 36.1. The molecular weight excluding hydrogens is 705 g/mol. The Balaban J connectivity index is 0.000000274. The molecule has 0 saturated heterocycles. The van der Waals surface area contributed by atoms with E-state index >= 15 is 0 Å². The van der Waals surface area contributed by atoms with Crippen molar-refractivity contribution in [1.29, 1.82) is 0 Å². The highest BCUT2D eigenvalue weighted by Gasteiger charge is 2.39. The Hall–Kier alpha value is -1.86. The lowest BCUT2D eigenvalue weighted by molar-refractivity contribution is 0.520. The van der Waals surface area contributed by atoms with Crippen molar-refractivity contribution < 1.29 is 0 Å². The molecule has 0 amide bonds. The van der Waals surface area contributed by atoms with Gasteiger partial charge in [-0.2, -0.15) is 0 Å². The highest BCUT2D eigenvalue weighted by Crippen LogP contribution is 2.18. The largest absolute Gasteiger partial charge is 0.314 e. The standard InChI is InChI=1S/C24H36ClNSi.C20H26Cl2Si/c1-6-8-10-20-12-16-22(17-13-20)27(25,26-24(3,4)5)23-18-14-21(15-19-23)11-9-7-2;1-3-5-7-17-9-13-19(14-10-17)23(21,22)20-15-11-18(12-16-20)8-6-4-2/h12-19,26H,6-11H2,1-5H3;9-16H,3-8H2,1-2H3. The maximum Gasteiger partial charge on any atom is 0.310 e. The summed E-state index contributed by atoms with van der Waals surface area (Å²) in [6.07, 6.45) is 14.4. The van der Waals surface area contributed by atoms with E-state index in [-0.39, 0.29) is 5.54 Å². The Bertz CT molecular complexity index is 1410. The molecular formula is C44H62Cl3NSi2. The van der Waals surface area contributed by atoms with E-state index in [0.717, 1.165) is 36.1 Å². The third-order valence-electron chi connectivity index (χ3n) is 9.16. The van der Waals surface area contributed by atoms with Crippen molar-refractivity contribution in [2.45, 2.75) is 131 Å². The van der Waals surface area contributed by atoms with Crippen molar-refractivity contribution in [2.75, 3.05) is 0 Å². The van der Waals surface area contributed by atoms with Crippen LogP contribution in [0.1, 0.15) is 122 Å². The summed E-state index contributed by atoms with van der Waals surface area (Å²) >= 11 is 21.0. The Kier molecular flexibility index (Phi) is 17.9. The molecule has 0 radical (unpaired) electrons. The molecule has 4 aromatic rings. The summed E-state index contributed by atoms with van der Waals surface area (Å²) in [7, 11) is -2.52. The van der Waals surface area contributed by atoms with Crippen LogP contribution in [-0.2, 0) is 25.7 Å². The number of nitrogens with one attached hydrogen (secondary N) is 1. The minimum Gasteiger partial charge on any atom is -0.314 e. The van der Waals surface area contributed by atoms with Gasteiger partial charge in [0.25, 0.3) is 7.55 Å². The van der Waals surface area contributed by atoms with E-state index in [1.54, 1.807) is 0 Å².